The second-order valence-corrected chi connectivity index (χ2v) is 5.79. The van der Waals surface area contributed by atoms with Crippen LogP contribution in [-0.4, -0.2) is 10.0 Å². The molecule has 0 saturated heterocycles. The zero-order chi connectivity index (χ0) is 18.1. The summed E-state index contributed by atoms with van der Waals surface area (Å²) in [4.78, 5) is 10.6. The molecule has 0 atom stereocenters. The van der Waals surface area contributed by atoms with Crippen molar-refractivity contribution in [1.82, 2.24) is 0 Å². The van der Waals surface area contributed by atoms with Crippen molar-refractivity contribution in [3.63, 3.8) is 0 Å². The standard InChI is InChI=1S/C20H13N3O3/c24-20-10-9-17(21-22-18-7-3-4-8-19(18)23(25)26)15-11-13-5-1-2-6-14(13)12-16(15)20/h1-12,24H. The number of para-hydroxylation sites is 1. The minimum absolute atomic E-state index is 0.107. The van der Waals surface area contributed by atoms with E-state index in [-0.39, 0.29) is 17.1 Å². The number of fused-ring (bicyclic) bond motifs is 2. The third kappa shape index (κ3) is 2.73. The second kappa shape index (κ2) is 6.25. The zero-order valence-corrected chi connectivity index (χ0v) is 13.5. The third-order valence-electron chi connectivity index (χ3n) is 4.18. The van der Waals surface area contributed by atoms with Crippen LogP contribution in [0.5, 0.6) is 5.75 Å². The van der Waals surface area contributed by atoms with Crippen molar-refractivity contribution in [3.05, 3.63) is 82.9 Å². The molecule has 0 fully saturated rings. The van der Waals surface area contributed by atoms with E-state index >= 15 is 0 Å². The normalized spacial score (nSPS) is 11.4. The first-order chi connectivity index (χ1) is 12.6. The topological polar surface area (TPSA) is 88.1 Å². The van der Waals surface area contributed by atoms with E-state index in [4.69, 9.17) is 0 Å². The molecule has 4 rings (SSSR count). The van der Waals surface area contributed by atoms with E-state index < -0.39 is 4.92 Å². The Morgan fingerprint density at radius 1 is 0.769 bits per heavy atom. The van der Waals surface area contributed by atoms with Crippen LogP contribution in [0.3, 0.4) is 0 Å². The third-order valence-corrected chi connectivity index (χ3v) is 4.18. The zero-order valence-electron chi connectivity index (χ0n) is 13.5. The Hall–Kier alpha value is -3.80. The predicted molar refractivity (Wildman–Crippen MR) is 100 cm³/mol. The summed E-state index contributed by atoms with van der Waals surface area (Å²) in [5.74, 6) is 0.149. The SMILES string of the molecule is O=[N+]([O-])c1ccccc1N=Nc1ccc(O)c2cc3ccccc3cc12. The lowest BCUT2D eigenvalue weighted by Crippen LogP contribution is -1.87. The van der Waals surface area contributed by atoms with Gasteiger partial charge in [0.25, 0.3) is 5.69 Å². The number of azo groups is 1. The Bertz CT molecular complexity index is 1190. The minimum Gasteiger partial charge on any atom is -0.507 e. The molecule has 0 aliphatic heterocycles. The van der Waals surface area contributed by atoms with Gasteiger partial charge in [0, 0.05) is 16.8 Å². The van der Waals surface area contributed by atoms with Gasteiger partial charge in [-0.3, -0.25) is 10.1 Å². The maximum atomic E-state index is 11.1. The molecular weight excluding hydrogens is 330 g/mol. The molecule has 0 heterocycles. The lowest BCUT2D eigenvalue weighted by atomic mass is 10.0. The first-order valence-electron chi connectivity index (χ1n) is 7.93. The fraction of sp³-hybridized carbons (Fsp3) is 0. The first-order valence-corrected chi connectivity index (χ1v) is 7.93. The molecule has 6 heteroatoms. The highest BCUT2D eigenvalue weighted by atomic mass is 16.6. The lowest BCUT2D eigenvalue weighted by Gasteiger charge is -2.06. The van der Waals surface area contributed by atoms with Gasteiger partial charge in [0.15, 0.2) is 5.69 Å². The molecule has 4 aromatic carbocycles. The van der Waals surface area contributed by atoms with Crippen LogP contribution in [0.25, 0.3) is 21.5 Å². The van der Waals surface area contributed by atoms with Gasteiger partial charge in [-0.25, -0.2) is 0 Å². The maximum Gasteiger partial charge on any atom is 0.296 e. The summed E-state index contributed by atoms with van der Waals surface area (Å²) < 4.78 is 0. The van der Waals surface area contributed by atoms with E-state index in [9.17, 15) is 15.2 Å². The van der Waals surface area contributed by atoms with Crippen LogP contribution < -0.4 is 0 Å². The minimum atomic E-state index is -0.489. The molecule has 0 spiro atoms. The molecule has 0 bridgehead atoms. The predicted octanol–water partition coefficient (Wildman–Crippen LogP) is 6.02. The summed E-state index contributed by atoms with van der Waals surface area (Å²) in [7, 11) is 0. The molecule has 0 amide bonds. The van der Waals surface area contributed by atoms with Crippen LogP contribution in [0.2, 0.25) is 0 Å². The van der Waals surface area contributed by atoms with Crippen molar-refractivity contribution in [1.29, 1.82) is 0 Å². The van der Waals surface area contributed by atoms with E-state index in [1.54, 1.807) is 30.3 Å². The van der Waals surface area contributed by atoms with Gasteiger partial charge >= 0.3 is 0 Å². The smallest absolute Gasteiger partial charge is 0.296 e. The molecule has 0 aliphatic rings. The lowest BCUT2D eigenvalue weighted by molar-refractivity contribution is -0.384. The van der Waals surface area contributed by atoms with Gasteiger partial charge in [-0.1, -0.05) is 36.4 Å². The molecular formula is C20H13N3O3. The quantitative estimate of drug-likeness (QED) is 0.213. The maximum absolute atomic E-state index is 11.1. The summed E-state index contributed by atoms with van der Waals surface area (Å²) in [6.45, 7) is 0. The van der Waals surface area contributed by atoms with Crippen LogP contribution in [0.4, 0.5) is 17.1 Å². The molecule has 0 aliphatic carbocycles. The van der Waals surface area contributed by atoms with Crippen molar-refractivity contribution in [2.75, 3.05) is 0 Å². The second-order valence-electron chi connectivity index (χ2n) is 5.79. The number of hydrogen-bond donors (Lipinski definition) is 1. The molecule has 0 radical (unpaired) electrons. The van der Waals surface area contributed by atoms with Gasteiger partial charge in [-0.15, -0.1) is 10.2 Å². The number of hydrogen-bond acceptors (Lipinski definition) is 5. The van der Waals surface area contributed by atoms with Crippen molar-refractivity contribution in [2.24, 2.45) is 10.2 Å². The number of nitro benzene ring substituents is 1. The van der Waals surface area contributed by atoms with E-state index in [1.165, 1.54) is 6.07 Å². The summed E-state index contributed by atoms with van der Waals surface area (Å²) in [6, 6.07) is 21.0. The number of nitrogens with zero attached hydrogens (tertiary/aromatic N) is 3. The molecule has 26 heavy (non-hydrogen) atoms. The van der Waals surface area contributed by atoms with Crippen LogP contribution in [0, 0.1) is 10.1 Å². The van der Waals surface area contributed by atoms with Crippen LogP contribution in [0.1, 0.15) is 0 Å². The molecule has 0 unspecified atom stereocenters. The van der Waals surface area contributed by atoms with Crippen LogP contribution in [0.15, 0.2) is 83.0 Å². The fourth-order valence-electron chi connectivity index (χ4n) is 2.90. The van der Waals surface area contributed by atoms with Gasteiger partial charge in [0.1, 0.15) is 5.75 Å². The van der Waals surface area contributed by atoms with Crippen molar-refractivity contribution in [3.8, 4) is 5.75 Å². The molecule has 126 valence electrons. The largest absolute Gasteiger partial charge is 0.507 e. The number of phenols is 1. The Balaban J connectivity index is 1.88. The van der Waals surface area contributed by atoms with Crippen molar-refractivity contribution >= 4 is 38.6 Å². The molecule has 1 N–H and O–H groups in total. The monoisotopic (exact) mass is 343 g/mol. The summed E-state index contributed by atoms with van der Waals surface area (Å²) in [5.41, 5.74) is 0.603. The Kier molecular flexibility index (Phi) is 3.78. The van der Waals surface area contributed by atoms with E-state index in [2.05, 4.69) is 10.2 Å². The van der Waals surface area contributed by atoms with E-state index in [0.717, 1.165) is 16.2 Å². The first kappa shape index (κ1) is 15.7. The average molecular weight is 343 g/mol. The Morgan fingerprint density at radius 3 is 2.12 bits per heavy atom. The molecule has 4 aromatic rings. The Morgan fingerprint density at radius 2 is 1.38 bits per heavy atom. The summed E-state index contributed by atoms with van der Waals surface area (Å²) >= 11 is 0. The molecule has 6 nitrogen and oxygen atoms in total. The highest BCUT2D eigenvalue weighted by molar-refractivity contribution is 6.05. The molecule has 0 aromatic heterocycles. The van der Waals surface area contributed by atoms with Gasteiger partial charge in [0.05, 0.1) is 10.6 Å². The number of nitro groups is 1. The van der Waals surface area contributed by atoms with Gasteiger partial charge in [0.2, 0.25) is 0 Å². The van der Waals surface area contributed by atoms with Crippen LogP contribution in [-0.2, 0) is 0 Å². The number of phenolic OH excluding ortho intramolecular Hbond substituents is 1. The highest BCUT2D eigenvalue weighted by Crippen LogP contribution is 2.37. The van der Waals surface area contributed by atoms with E-state index in [1.807, 2.05) is 36.4 Å². The van der Waals surface area contributed by atoms with Crippen LogP contribution >= 0.6 is 0 Å². The summed E-state index contributed by atoms with van der Waals surface area (Å²) in [5, 5.41) is 33.0. The Labute approximate surface area is 148 Å². The van der Waals surface area contributed by atoms with Crippen molar-refractivity contribution in [2.45, 2.75) is 0 Å². The van der Waals surface area contributed by atoms with Gasteiger partial charge in [-0.05, 0) is 41.1 Å². The number of rotatable bonds is 3. The van der Waals surface area contributed by atoms with Crippen molar-refractivity contribution < 1.29 is 10.0 Å². The molecule has 0 saturated carbocycles. The summed E-state index contributed by atoms with van der Waals surface area (Å²) in [6.07, 6.45) is 0. The fourth-order valence-corrected chi connectivity index (χ4v) is 2.90. The number of benzene rings is 4. The number of aromatic hydroxyl groups is 1. The highest BCUT2D eigenvalue weighted by Gasteiger charge is 2.12. The van der Waals surface area contributed by atoms with Gasteiger partial charge < -0.3 is 5.11 Å². The van der Waals surface area contributed by atoms with Gasteiger partial charge in [-0.2, -0.15) is 0 Å². The van der Waals surface area contributed by atoms with E-state index in [0.29, 0.717) is 11.1 Å². The average Bonchev–Trinajstić information content (AvgIpc) is 2.66.